The van der Waals surface area contributed by atoms with Crippen LogP contribution in [0.1, 0.15) is 37.7 Å². The lowest BCUT2D eigenvalue weighted by Gasteiger charge is -2.26. The fraction of sp³-hybridized carbons (Fsp3) is 0.471. The zero-order valence-electron chi connectivity index (χ0n) is 12.7. The van der Waals surface area contributed by atoms with Crippen LogP contribution in [0, 0.1) is 5.92 Å². The predicted molar refractivity (Wildman–Crippen MR) is 88.4 cm³/mol. The van der Waals surface area contributed by atoms with E-state index in [4.69, 9.17) is 0 Å². The van der Waals surface area contributed by atoms with Gasteiger partial charge in [0, 0.05) is 29.9 Å². The molecular formula is C17H23N3S. The second-order valence-corrected chi connectivity index (χ2v) is 7.13. The van der Waals surface area contributed by atoms with Crippen LogP contribution in [-0.2, 0) is 13.1 Å². The first kappa shape index (κ1) is 14.7. The summed E-state index contributed by atoms with van der Waals surface area (Å²) in [5, 5.41) is 3.70. The van der Waals surface area contributed by atoms with E-state index >= 15 is 0 Å². The highest BCUT2D eigenvalue weighted by molar-refractivity contribution is 7.99. The number of hydrogen-bond donors (Lipinski definition) is 1. The average Bonchev–Trinajstić information content (AvgIpc) is 2.91. The summed E-state index contributed by atoms with van der Waals surface area (Å²) < 4.78 is 2.27. The van der Waals surface area contributed by atoms with E-state index in [9.17, 15) is 0 Å². The molecule has 0 fully saturated rings. The molecule has 1 aliphatic heterocycles. The molecule has 0 radical (unpaired) electrons. The van der Waals surface area contributed by atoms with Crippen LogP contribution in [0.25, 0.3) is 0 Å². The molecule has 0 amide bonds. The van der Waals surface area contributed by atoms with Crippen LogP contribution in [0.4, 0.5) is 0 Å². The predicted octanol–water partition coefficient (Wildman–Crippen LogP) is 3.87. The molecule has 21 heavy (non-hydrogen) atoms. The maximum atomic E-state index is 4.50. The molecule has 112 valence electrons. The third-order valence-corrected chi connectivity index (χ3v) is 4.95. The van der Waals surface area contributed by atoms with Crippen molar-refractivity contribution in [2.24, 2.45) is 5.92 Å². The number of hydrogen-bond acceptors (Lipinski definition) is 3. The third-order valence-electron chi connectivity index (χ3n) is 3.83. The summed E-state index contributed by atoms with van der Waals surface area (Å²) in [6, 6.07) is 9.20. The number of imidazole rings is 1. The number of rotatable bonds is 5. The van der Waals surface area contributed by atoms with Gasteiger partial charge in [0.15, 0.2) is 0 Å². The molecule has 4 heteroatoms. The summed E-state index contributed by atoms with van der Waals surface area (Å²) in [7, 11) is 0. The van der Waals surface area contributed by atoms with Gasteiger partial charge in [0.25, 0.3) is 0 Å². The lowest BCUT2D eigenvalue weighted by Crippen LogP contribution is -2.26. The molecule has 3 nitrogen and oxygen atoms in total. The van der Waals surface area contributed by atoms with E-state index in [2.05, 4.69) is 59.2 Å². The molecule has 0 bridgehead atoms. The van der Waals surface area contributed by atoms with Gasteiger partial charge in [-0.3, -0.25) is 0 Å². The van der Waals surface area contributed by atoms with Crippen molar-refractivity contribution in [3.05, 3.63) is 48.0 Å². The summed E-state index contributed by atoms with van der Waals surface area (Å²) in [4.78, 5) is 5.93. The van der Waals surface area contributed by atoms with Gasteiger partial charge in [-0.1, -0.05) is 32.0 Å². The van der Waals surface area contributed by atoms with Crippen LogP contribution in [0.2, 0.25) is 0 Å². The SMILES string of the molecule is CC(C)Cn1ccnc1CN[C@@H]1CCSc2ccccc21. The highest BCUT2D eigenvalue weighted by Crippen LogP contribution is 2.35. The highest BCUT2D eigenvalue weighted by Gasteiger charge is 2.20. The molecule has 1 atom stereocenters. The lowest BCUT2D eigenvalue weighted by atomic mass is 10.0. The number of fused-ring (bicyclic) bond motifs is 1. The lowest BCUT2D eigenvalue weighted by molar-refractivity contribution is 0.463. The van der Waals surface area contributed by atoms with Crippen molar-refractivity contribution in [3.63, 3.8) is 0 Å². The van der Waals surface area contributed by atoms with Crippen molar-refractivity contribution in [2.75, 3.05) is 5.75 Å². The van der Waals surface area contributed by atoms with Crippen LogP contribution >= 0.6 is 11.8 Å². The first-order chi connectivity index (χ1) is 10.2. The molecule has 0 spiro atoms. The molecular weight excluding hydrogens is 278 g/mol. The van der Waals surface area contributed by atoms with Crippen molar-refractivity contribution < 1.29 is 0 Å². The Labute approximate surface area is 131 Å². The second-order valence-electron chi connectivity index (χ2n) is 6.00. The number of aromatic nitrogens is 2. The standard InChI is InChI=1S/C17H23N3S/c1-13(2)12-20-9-8-18-17(20)11-19-15-7-10-21-16-6-4-3-5-14(15)16/h3-6,8-9,13,15,19H,7,10-12H2,1-2H3/t15-/m1/s1. The molecule has 0 aliphatic carbocycles. The van der Waals surface area contributed by atoms with E-state index in [1.807, 2.05) is 18.0 Å². The number of nitrogens with one attached hydrogen (secondary N) is 1. The van der Waals surface area contributed by atoms with Crippen molar-refractivity contribution in [1.29, 1.82) is 0 Å². The van der Waals surface area contributed by atoms with E-state index in [0.29, 0.717) is 12.0 Å². The van der Waals surface area contributed by atoms with Crippen molar-refractivity contribution in [2.45, 2.75) is 44.3 Å². The summed E-state index contributed by atoms with van der Waals surface area (Å²) in [5.41, 5.74) is 1.44. The first-order valence-electron chi connectivity index (χ1n) is 7.69. The Kier molecular flexibility index (Phi) is 4.66. The number of thioether (sulfide) groups is 1. The summed E-state index contributed by atoms with van der Waals surface area (Å²) >= 11 is 1.97. The zero-order valence-corrected chi connectivity index (χ0v) is 13.6. The number of nitrogens with zero attached hydrogens (tertiary/aromatic N) is 2. The monoisotopic (exact) mass is 301 g/mol. The fourth-order valence-corrected chi connectivity index (χ4v) is 3.96. The Morgan fingerprint density at radius 3 is 3.10 bits per heavy atom. The van der Waals surface area contributed by atoms with Gasteiger partial charge in [-0.2, -0.15) is 0 Å². The Morgan fingerprint density at radius 1 is 1.38 bits per heavy atom. The van der Waals surface area contributed by atoms with E-state index in [0.717, 1.165) is 18.9 Å². The molecule has 1 aliphatic rings. The summed E-state index contributed by atoms with van der Waals surface area (Å²) in [6.07, 6.45) is 5.18. The van der Waals surface area contributed by atoms with Gasteiger partial charge >= 0.3 is 0 Å². The normalized spacial score (nSPS) is 18.0. The minimum atomic E-state index is 0.451. The van der Waals surface area contributed by atoms with Crippen molar-refractivity contribution in [1.82, 2.24) is 14.9 Å². The number of benzene rings is 1. The topological polar surface area (TPSA) is 29.9 Å². The first-order valence-corrected chi connectivity index (χ1v) is 8.67. The van der Waals surface area contributed by atoms with Crippen molar-refractivity contribution in [3.8, 4) is 0 Å². The molecule has 0 unspecified atom stereocenters. The maximum Gasteiger partial charge on any atom is 0.122 e. The van der Waals surface area contributed by atoms with Gasteiger partial charge in [-0.15, -0.1) is 11.8 Å². The van der Waals surface area contributed by atoms with Gasteiger partial charge in [0.05, 0.1) is 6.54 Å². The van der Waals surface area contributed by atoms with Crippen LogP contribution in [0.15, 0.2) is 41.6 Å². The molecule has 3 rings (SSSR count). The van der Waals surface area contributed by atoms with Gasteiger partial charge in [0.1, 0.15) is 5.82 Å². The Bertz CT molecular complexity index is 591. The smallest absolute Gasteiger partial charge is 0.122 e. The van der Waals surface area contributed by atoms with Gasteiger partial charge in [-0.25, -0.2) is 4.98 Å². The van der Waals surface area contributed by atoms with E-state index < -0.39 is 0 Å². The van der Waals surface area contributed by atoms with Crippen LogP contribution in [-0.4, -0.2) is 15.3 Å². The summed E-state index contributed by atoms with van der Waals surface area (Å²) in [5.74, 6) is 2.97. The summed E-state index contributed by atoms with van der Waals surface area (Å²) in [6.45, 7) is 6.36. The van der Waals surface area contributed by atoms with Crippen LogP contribution in [0.3, 0.4) is 0 Å². The Morgan fingerprint density at radius 2 is 2.24 bits per heavy atom. The average molecular weight is 301 g/mol. The maximum absolute atomic E-state index is 4.50. The molecule has 1 N–H and O–H groups in total. The minimum absolute atomic E-state index is 0.451. The fourth-order valence-electron chi connectivity index (χ4n) is 2.84. The highest BCUT2D eigenvalue weighted by atomic mass is 32.2. The largest absolute Gasteiger partial charge is 0.334 e. The molecule has 1 aromatic carbocycles. The van der Waals surface area contributed by atoms with Crippen molar-refractivity contribution >= 4 is 11.8 Å². The van der Waals surface area contributed by atoms with E-state index in [1.54, 1.807) is 0 Å². The van der Waals surface area contributed by atoms with Crippen LogP contribution < -0.4 is 5.32 Å². The molecule has 0 saturated heterocycles. The second kappa shape index (κ2) is 6.67. The van der Waals surface area contributed by atoms with Gasteiger partial charge in [0.2, 0.25) is 0 Å². The third kappa shape index (κ3) is 3.50. The minimum Gasteiger partial charge on any atom is -0.334 e. The molecule has 2 heterocycles. The Balaban J connectivity index is 1.68. The van der Waals surface area contributed by atoms with Gasteiger partial charge in [-0.05, 0) is 29.7 Å². The van der Waals surface area contributed by atoms with E-state index in [-0.39, 0.29) is 0 Å². The molecule has 2 aromatic rings. The van der Waals surface area contributed by atoms with Crippen LogP contribution in [0.5, 0.6) is 0 Å². The quantitative estimate of drug-likeness (QED) is 0.909. The Hall–Kier alpha value is -1.26. The zero-order chi connectivity index (χ0) is 14.7. The van der Waals surface area contributed by atoms with Gasteiger partial charge < -0.3 is 9.88 Å². The van der Waals surface area contributed by atoms with E-state index in [1.165, 1.54) is 22.6 Å². The molecule has 1 aromatic heterocycles. The molecule has 0 saturated carbocycles.